The van der Waals surface area contributed by atoms with Crippen molar-refractivity contribution in [2.24, 2.45) is 0 Å². The van der Waals surface area contributed by atoms with Crippen LogP contribution in [0, 0.1) is 10.1 Å². The largest absolute Gasteiger partial charge is 0.477 e. The Hall–Kier alpha value is -2.94. The number of nitrogens with zero attached hydrogens (tertiary/aromatic N) is 4. The molecule has 138 valence electrons. The summed E-state index contributed by atoms with van der Waals surface area (Å²) >= 11 is 0. The Bertz CT molecular complexity index is 944. The van der Waals surface area contributed by atoms with E-state index in [0.717, 1.165) is 13.1 Å². The number of piperazine rings is 1. The lowest BCUT2D eigenvalue weighted by molar-refractivity contribution is -0.384. The SMILES string of the molecule is CCn1cc(C(=O)O)c(=O)c2cc([N+](=O)[O-])c(N3CCN(C)CC3)cc21. The Morgan fingerprint density at radius 1 is 1.27 bits per heavy atom. The van der Waals surface area contributed by atoms with Crippen molar-refractivity contribution in [1.29, 1.82) is 0 Å². The molecule has 9 heteroatoms. The normalized spacial score (nSPS) is 15.4. The van der Waals surface area contributed by atoms with Gasteiger partial charge in [-0.3, -0.25) is 14.9 Å². The number of aromatic carboxylic acids is 1. The maximum atomic E-state index is 12.5. The lowest BCUT2D eigenvalue weighted by Gasteiger charge is -2.33. The van der Waals surface area contributed by atoms with Gasteiger partial charge in [0.15, 0.2) is 0 Å². The van der Waals surface area contributed by atoms with Crippen molar-refractivity contribution in [3.05, 3.63) is 44.2 Å². The molecule has 26 heavy (non-hydrogen) atoms. The fraction of sp³-hybridized carbons (Fsp3) is 0.412. The number of fused-ring (bicyclic) bond motifs is 1. The second-order valence-electron chi connectivity index (χ2n) is 6.37. The van der Waals surface area contributed by atoms with E-state index in [2.05, 4.69) is 4.90 Å². The molecule has 0 atom stereocenters. The van der Waals surface area contributed by atoms with Gasteiger partial charge in [-0.15, -0.1) is 0 Å². The number of hydrogen-bond donors (Lipinski definition) is 1. The highest BCUT2D eigenvalue weighted by Crippen LogP contribution is 2.33. The van der Waals surface area contributed by atoms with Crippen molar-refractivity contribution in [1.82, 2.24) is 9.47 Å². The quantitative estimate of drug-likeness (QED) is 0.648. The van der Waals surface area contributed by atoms with Gasteiger partial charge in [0, 0.05) is 45.0 Å². The van der Waals surface area contributed by atoms with Crippen LogP contribution in [-0.4, -0.2) is 58.7 Å². The van der Waals surface area contributed by atoms with Crippen molar-refractivity contribution in [3.8, 4) is 0 Å². The van der Waals surface area contributed by atoms with E-state index in [1.165, 1.54) is 12.3 Å². The number of carboxylic acid groups (broad SMARTS) is 1. The van der Waals surface area contributed by atoms with Gasteiger partial charge in [0.2, 0.25) is 5.43 Å². The molecule has 0 unspecified atom stereocenters. The average Bonchev–Trinajstić information content (AvgIpc) is 2.61. The van der Waals surface area contributed by atoms with Crippen LogP contribution in [0.1, 0.15) is 17.3 Å². The number of pyridine rings is 1. The first-order valence-electron chi connectivity index (χ1n) is 8.35. The molecule has 1 fully saturated rings. The molecule has 1 aliphatic rings. The molecule has 1 aromatic carbocycles. The number of carboxylic acids is 1. The van der Waals surface area contributed by atoms with E-state index in [9.17, 15) is 24.8 Å². The molecule has 0 amide bonds. The van der Waals surface area contributed by atoms with Crippen molar-refractivity contribution < 1.29 is 14.8 Å². The van der Waals surface area contributed by atoms with Crippen LogP contribution in [0.4, 0.5) is 11.4 Å². The van der Waals surface area contributed by atoms with Crippen LogP contribution < -0.4 is 10.3 Å². The summed E-state index contributed by atoms with van der Waals surface area (Å²) in [6.07, 6.45) is 1.30. The summed E-state index contributed by atoms with van der Waals surface area (Å²) in [5.41, 5.74) is -0.308. The summed E-state index contributed by atoms with van der Waals surface area (Å²) in [5.74, 6) is -1.34. The van der Waals surface area contributed by atoms with Gasteiger partial charge in [-0.25, -0.2) is 4.79 Å². The summed E-state index contributed by atoms with van der Waals surface area (Å²) < 4.78 is 1.64. The molecule has 0 aliphatic carbocycles. The van der Waals surface area contributed by atoms with Crippen molar-refractivity contribution in [2.45, 2.75) is 13.5 Å². The smallest absolute Gasteiger partial charge is 0.341 e. The van der Waals surface area contributed by atoms with E-state index in [4.69, 9.17) is 0 Å². The lowest BCUT2D eigenvalue weighted by Crippen LogP contribution is -2.44. The summed E-state index contributed by atoms with van der Waals surface area (Å²) in [6.45, 7) is 5.13. The second kappa shape index (κ2) is 6.75. The first kappa shape index (κ1) is 17.9. The van der Waals surface area contributed by atoms with Crippen LogP contribution in [0.15, 0.2) is 23.1 Å². The Morgan fingerprint density at radius 2 is 1.92 bits per heavy atom. The van der Waals surface area contributed by atoms with Crippen LogP contribution in [0.25, 0.3) is 10.9 Å². The molecule has 0 spiro atoms. The molecule has 2 aromatic rings. The lowest BCUT2D eigenvalue weighted by atomic mass is 10.1. The standard InChI is InChI=1S/C17H20N4O5/c1-3-19-10-12(17(23)24)16(22)11-8-15(21(25)26)14(9-13(11)19)20-6-4-18(2)5-7-20/h8-10H,3-7H2,1-2H3,(H,23,24). The highest BCUT2D eigenvalue weighted by molar-refractivity contribution is 5.95. The zero-order valence-electron chi connectivity index (χ0n) is 14.6. The van der Waals surface area contributed by atoms with Gasteiger partial charge in [-0.1, -0.05) is 0 Å². The number of likely N-dealkylation sites (N-methyl/N-ethyl adjacent to an activating group) is 1. The number of nitro groups is 1. The first-order valence-corrected chi connectivity index (χ1v) is 8.35. The highest BCUT2D eigenvalue weighted by Gasteiger charge is 2.26. The van der Waals surface area contributed by atoms with Crippen LogP contribution in [0.3, 0.4) is 0 Å². The number of carbonyl (C=O) groups is 1. The zero-order chi connectivity index (χ0) is 19.0. The molecule has 3 rings (SSSR count). The Kier molecular flexibility index (Phi) is 4.64. The monoisotopic (exact) mass is 360 g/mol. The fourth-order valence-corrected chi connectivity index (χ4v) is 3.28. The molecule has 0 radical (unpaired) electrons. The van der Waals surface area contributed by atoms with Gasteiger partial charge in [-0.05, 0) is 20.0 Å². The number of aromatic nitrogens is 1. The Morgan fingerprint density at radius 3 is 2.46 bits per heavy atom. The molecule has 1 saturated heterocycles. The number of hydrogen-bond acceptors (Lipinski definition) is 6. The topological polar surface area (TPSA) is 109 Å². The number of benzene rings is 1. The second-order valence-corrected chi connectivity index (χ2v) is 6.37. The minimum absolute atomic E-state index is 0.0522. The van der Waals surface area contributed by atoms with Gasteiger partial charge >= 0.3 is 5.97 Å². The summed E-state index contributed by atoms with van der Waals surface area (Å²) in [4.78, 5) is 39.0. The van der Waals surface area contributed by atoms with E-state index in [-0.39, 0.29) is 16.6 Å². The zero-order valence-corrected chi connectivity index (χ0v) is 14.6. The molecular weight excluding hydrogens is 340 g/mol. The van der Waals surface area contributed by atoms with E-state index >= 15 is 0 Å². The van der Waals surface area contributed by atoms with Crippen LogP contribution in [0.5, 0.6) is 0 Å². The minimum atomic E-state index is -1.34. The predicted molar refractivity (Wildman–Crippen MR) is 97.2 cm³/mol. The van der Waals surface area contributed by atoms with Crippen molar-refractivity contribution in [2.75, 3.05) is 38.1 Å². The Balaban J connectivity index is 2.28. The van der Waals surface area contributed by atoms with Crippen molar-refractivity contribution >= 4 is 28.2 Å². The maximum Gasteiger partial charge on any atom is 0.341 e. The molecular formula is C17H20N4O5. The maximum absolute atomic E-state index is 12.5. The van der Waals surface area contributed by atoms with Gasteiger partial charge in [0.05, 0.1) is 15.8 Å². The molecule has 0 saturated carbocycles. The van der Waals surface area contributed by atoms with Crippen LogP contribution >= 0.6 is 0 Å². The minimum Gasteiger partial charge on any atom is -0.477 e. The third-order valence-electron chi connectivity index (χ3n) is 4.79. The van der Waals surface area contributed by atoms with Gasteiger partial charge in [-0.2, -0.15) is 0 Å². The van der Waals surface area contributed by atoms with Crippen LogP contribution in [0.2, 0.25) is 0 Å². The van der Waals surface area contributed by atoms with Gasteiger partial charge < -0.3 is 19.5 Å². The predicted octanol–water partition coefficient (Wildman–Crippen LogP) is 1.38. The van der Waals surface area contributed by atoms with Crippen LogP contribution in [-0.2, 0) is 6.54 Å². The highest BCUT2D eigenvalue weighted by atomic mass is 16.6. The Labute approximate surface area is 149 Å². The van der Waals surface area contributed by atoms with E-state index in [1.807, 2.05) is 18.9 Å². The van der Waals surface area contributed by atoms with Crippen molar-refractivity contribution in [3.63, 3.8) is 0 Å². The number of nitro benzene ring substituents is 1. The molecule has 1 aliphatic heterocycles. The number of rotatable bonds is 4. The number of anilines is 1. The molecule has 1 aromatic heterocycles. The van der Waals surface area contributed by atoms with E-state index < -0.39 is 16.3 Å². The first-order chi connectivity index (χ1) is 12.3. The summed E-state index contributed by atoms with van der Waals surface area (Å²) in [5, 5.41) is 20.9. The summed E-state index contributed by atoms with van der Waals surface area (Å²) in [7, 11) is 1.99. The third-order valence-corrected chi connectivity index (χ3v) is 4.79. The molecule has 0 bridgehead atoms. The van der Waals surface area contributed by atoms with E-state index in [1.54, 1.807) is 10.6 Å². The average molecular weight is 360 g/mol. The van der Waals surface area contributed by atoms with E-state index in [0.29, 0.717) is 30.8 Å². The fourth-order valence-electron chi connectivity index (χ4n) is 3.28. The summed E-state index contributed by atoms with van der Waals surface area (Å²) in [6, 6.07) is 2.85. The number of aryl methyl sites for hydroxylation is 1. The molecule has 1 N–H and O–H groups in total. The van der Waals surface area contributed by atoms with Gasteiger partial charge in [0.25, 0.3) is 5.69 Å². The molecule has 2 heterocycles. The third kappa shape index (κ3) is 3.01. The molecule has 9 nitrogen and oxygen atoms in total. The van der Waals surface area contributed by atoms with Gasteiger partial charge in [0.1, 0.15) is 11.3 Å².